The van der Waals surface area contributed by atoms with E-state index in [0.29, 0.717) is 0 Å². The van der Waals surface area contributed by atoms with Crippen molar-refractivity contribution in [3.8, 4) is 11.5 Å². The van der Waals surface area contributed by atoms with Crippen LogP contribution in [0.4, 0.5) is 0 Å². The van der Waals surface area contributed by atoms with Crippen LogP contribution in [0.5, 0.6) is 11.5 Å². The second-order valence-electron chi connectivity index (χ2n) is 8.11. The van der Waals surface area contributed by atoms with E-state index in [9.17, 15) is 0 Å². The van der Waals surface area contributed by atoms with E-state index in [1.807, 2.05) is 25.2 Å². The SMILES string of the molecule is CN=C(NCC(C)(C)c1ccc(OC)c(OC)c1)N1CCN(Cc2ccon2)CC1.I. The first-order valence-corrected chi connectivity index (χ1v) is 10.3. The van der Waals surface area contributed by atoms with Crippen LogP contribution in [0.25, 0.3) is 0 Å². The van der Waals surface area contributed by atoms with Gasteiger partial charge in [-0.2, -0.15) is 0 Å². The minimum absolute atomic E-state index is 0. The maximum atomic E-state index is 5.47. The van der Waals surface area contributed by atoms with Gasteiger partial charge < -0.3 is 24.2 Å². The van der Waals surface area contributed by atoms with Crippen molar-refractivity contribution in [1.82, 2.24) is 20.3 Å². The molecule has 9 heteroatoms. The molecule has 1 saturated heterocycles. The molecule has 3 rings (SSSR count). The molecule has 1 aromatic carbocycles. The lowest BCUT2D eigenvalue weighted by molar-refractivity contribution is 0.168. The number of halogens is 1. The van der Waals surface area contributed by atoms with Crippen molar-refractivity contribution in [3.63, 3.8) is 0 Å². The number of aliphatic imine (C=N–C) groups is 1. The molecule has 0 spiro atoms. The Labute approximate surface area is 202 Å². The number of ether oxygens (including phenoxy) is 2. The summed E-state index contributed by atoms with van der Waals surface area (Å²) >= 11 is 0. The van der Waals surface area contributed by atoms with Crippen LogP contribution in [-0.4, -0.2) is 74.9 Å². The van der Waals surface area contributed by atoms with E-state index < -0.39 is 0 Å². The fourth-order valence-corrected chi connectivity index (χ4v) is 3.66. The number of guanidine groups is 1. The summed E-state index contributed by atoms with van der Waals surface area (Å²) in [5.74, 6) is 2.42. The molecule has 172 valence electrons. The van der Waals surface area contributed by atoms with Crippen molar-refractivity contribution in [2.24, 2.45) is 4.99 Å². The molecule has 8 nitrogen and oxygen atoms in total. The van der Waals surface area contributed by atoms with Gasteiger partial charge in [0.15, 0.2) is 17.5 Å². The van der Waals surface area contributed by atoms with Gasteiger partial charge >= 0.3 is 0 Å². The van der Waals surface area contributed by atoms with Gasteiger partial charge in [-0.05, 0) is 17.7 Å². The first-order chi connectivity index (χ1) is 14.5. The van der Waals surface area contributed by atoms with E-state index in [1.54, 1.807) is 20.5 Å². The van der Waals surface area contributed by atoms with Crippen molar-refractivity contribution < 1.29 is 14.0 Å². The summed E-state index contributed by atoms with van der Waals surface area (Å²) in [6.45, 7) is 9.79. The van der Waals surface area contributed by atoms with Gasteiger partial charge in [-0.25, -0.2) is 0 Å². The number of methoxy groups -OCH3 is 2. The summed E-state index contributed by atoms with van der Waals surface area (Å²) < 4.78 is 15.8. The second-order valence-corrected chi connectivity index (χ2v) is 8.11. The third-order valence-electron chi connectivity index (χ3n) is 5.61. The molecule has 0 radical (unpaired) electrons. The maximum absolute atomic E-state index is 5.47. The van der Waals surface area contributed by atoms with Crippen LogP contribution in [0.3, 0.4) is 0 Å². The van der Waals surface area contributed by atoms with Crippen molar-refractivity contribution in [1.29, 1.82) is 0 Å². The summed E-state index contributed by atoms with van der Waals surface area (Å²) in [5, 5.41) is 7.57. The van der Waals surface area contributed by atoms with E-state index in [1.165, 1.54) is 5.56 Å². The average molecular weight is 543 g/mol. The molecule has 0 atom stereocenters. The van der Waals surface area contributed by atoms with Crippen LogP contribution in [0.2, 0.25) is 0 Å². The molecule has 1 aliphatic heterocycles. The summed E-state index contributed by atoms with van der Waals surface area (Å²) in [4.78, 5) is 9.20. The van der Waals surface area contributed by atoms with Crippen molar-refractivity contribution in [2.45, 2.75) is 25.8 Å². The van der Waals surface area contributed by atoms with Crippen LogP contribution in [0.15, 0.2) is 40.0 Å². The molecule has 0 bridgehead atoms. The maximum Gasteiger partial charge on any atom is 0.193 e. The Kier molecular flexibility index (Phi) is 9.42. The number of aromatic nitrogens is 1. The topological polar surface area (TPSA) is 75.4 Å². The van der Waals surface area contributed by atoms with Gasteiger partial charge in [-0.3, -0.25) is 9.89 Å². The molecule has 1 aliphatic rings. The third kappa shape index (κ3) is 6.49. The molecule has 31 heavy (non-hydrogen) atoms. The van der Waals surface area contributed by atoms with Gasteiger partial charge in [0.25, 0.3) is 0 Å². The number of hydrogen-bond donors (Lipinski definition) is 1. The Morgan fingerprint density at radius 1 is 1.13 bits per heavy atom. The van der Waals surface area contributed by atoms with E-state index >= 15 is 0 Å². The van der Waals surface area contributed by atoms with Crippen LogP contribution >= 0.6 is 24.0 Å². The van der Waals surface area contributed by atoms with E-state index in [2.05, 4.69) is 45.2 Å². The quantitative estimate of drug-likeness (QED) is 0.327. The molecule has 0 aliphatic carbocycles. The van der Waals surface area contributed by atoms with Gasteiger partial charge in [0.2, 0.25) is 0 Å². The average Bonchev–Trinajstić information content (AvgIpc) is 3.27. The van der Waals surface area contributed by atoms with E-state index in [0.717, 1.165) is 62.4 Å². The summed E-state index contributed by atoms with van der Waals surface area (Å²) in [6, 6.07) is 8.02. The summed E-state index contributed by atoms with van der Waals surface area (Å²) in [7, 11) is 5.16. The van der Waals surface area contributed by atoms with Gasteiger partial charge in [0, 0.05) is 57.8 Å². The standard InChI is InChI=1S/C22H33N5O3.HI/c1-22(2,17-6-7-19(28-4)20(14-17)29-5)16-24-21(23-3)27-11-9-26(10-12-27)15-18-8-13-30-25-18;/h6-8,13-14H,9-12,15-16H2,1-5H3,(H,23,24);1H. The monoisotopic (exact) mass is 543 g/mol. The lowest BCUT2D eigenvalue weighted by Gasteiger charge is -2.37. The minimum atomic E-state index is -0.107. The Bertz CT molecular complexity index is 834. The van der Waals surface area contributed by atoms with Crippen LogP contribution in [-0.2, 0) is 12.0 Å². The Morgan fingerprint density at radius 2 is 1.84 bits per heavy atom. The zero-order valence-corrected chi connectivity index (χ0v) is 21.4. The molecule has 1 aromatic heterocycles. The van der Waals surface area contributed by atoms with Crippen LogP contribution < -0.4 is 14.8 Å². The molecule has 0 amide bonds. The number of piperazine rings is 1. The lowest BCUT2D eigenvalue weighted by atomic mass is 9.84. The molecular formula is C22H34IN5O3. The van der Waals surface area contributed by atoms with E-state index in [-0.39, 0.29) is 29.4 Å². The first kappa shape index (κ1) is 25.3. The Morgan fingerprint density at radius 3 is 2.42 bits per heavy atom. The van der Waals surface area contributed by atoms with Crippen molar-refractivity contribution in [2.75, 3.05) is 54.0 Å². The third-order valence-corrected chi connectivity index (χ3v) is 5.61. The predicted octanol–water partition coefficient (Wildman–Crippen LogP) is 2.98. The molecular weight excluding hydrogens is 509 g/mol. The zero-order chi connectivity index (χ0) is 21.6. The minimum Gasteiger partial charge on any atom is -0.493 e. The van der Waals surface area contributed by atoms with Gasteiger partial charge in [-0.1, -0.05) is 25.1 Å². The van der Waals surface area contributed by atoms with Crippen LogP contribution in [0, 0.1) is 0 Å². The Balaban J connectivity index is 0.00000341. The molecule has 1 N–H and O–H groups in total. The highest BCUT2D eigenvalue weighted by molar-refractivity contribution is 14.0. The van der Waals surface area contributed by atoms with Gasteiger partial charge in [0.1, 0.15) is 6.26 Å². The number of rotatable bonds is 7. The molecule has 1 fully saturated rings. The number of nitrogens with one attached hydrogen (secondary N) is 1. The molecule has 2 aromatic rings. The fraction of sp³-hybridized carbons (Fsp3) is 0.545. The first-order valence-electron chi connectivity index (χ1n) is 10.3. The number of nitrogens with zero attached hydrogens (tertiary/aromatic N) is 4. The number of benzene rings is 1. The van der Waals surface area contributed by atoms with Crippen molar-refractivity contribution in [3.05, 3.63) is 41.8 Å². The largest absolute Gasteiger partial charge is 0.493 e. The molecule has 0 saturated carbocycles. The number of hydrogen-bond acceptors (Lipinski definition) is 6. The smallest absolute Gasteiger partial charge is 0.193 e. The second kappa shape index (κ2) is 11.6. The highest BCUT2D eigenvalue weighted by atomic mass is 127. The van der Waals surface area contributed by atoms with Gasteiger partial charge in [-0.15, -0.1) is 24.0 Å². The summed E-state index contributed by atoms with van der Waals surface area (Å²) in [5.41, 5.74) is 2.05. The zero-order valence-electron chi connectivity index (χ0n) is 19.1. The fourth-order valence-electron chi connectivity index (χ4n) is 3.66. The van der Waals surface area contributed by atoms with Gasteiger partial charge in [0.05, 0.1) is 19.9 Å². The Hall–Kier alpha value is -2.01. The van der Waals surface area contributed by atoms with E-state index in [4.69, 9.17) is 14.0 Å². The normalized spacial score (nSPS) is 15.4. The predicted molar refractivity (Wildman–Crippen MR) is 133 cm³/mol. The lowest BCUT2D eigenvalue weighted by Crippen LogP contribution is -2.53. The van der Waals surface area contributed by atoms with Crippen molar-refractivity contribution >= 4 is 29.9 Å². The molecule has 0 unspecified atom stereocenters. The molecule has 2 heterocycles. The van der Waals surface area contributed by atoms with Crippen LogP contribution in [0.1, 0.15) is 25.1 Å². The highest BCUT2D eigenvalue weighted by Gasteiger charge is 2.25. The highest BCUT2D eigenvalue weighted by Crippen LogP contribution is 2.32. The summed E-state index contributed by atoms with van der Waals surface area (Å²) in [6.07, 6.45) is 1.62.